The largest absolute Gasteiger partial charge is 0.495 e. The summed E-state index contributed by atoms with van der Waals surface area (Å²) in [6.07, 6.45) is 3.23. The number of ether oxygens (including phenoxy) is 1. The maximum atomic E-state index is 11.9. The number of carbonyl (C=O) groups is 1. The van der Waals surface area contributed by atoms with Gasteiger partial charge in [0.25, 0.3) is 0 Å². The first-order valence-electron chi connectivity index (χ1n) is 12.0. The highest BCUT2D eigenvalue weighted by atomic mass is 35.5. The van der Waals surface area contributed by atoms with Gasteiger partial charge < -0.3 is 19.9 Å². The molecule has 190 valence electrons. The highest BCUT2D eigenvalue weighted by Crippen LogP contribution is 2.35. The molecule has 9 nitrogen and oxygen atoms in total. The molecule has 10 heteroatoms. The number of rotatable bonds is 8. The molecule has 3 heterocycles. The third-order valence-electron chi connectivity index (χ3n) is 6.48. The first kappa shape index (κ1) is 24.7. The fourth-order valence-corrected chi connectivity index (χ4v) is 4.63. The lowest BCUT2D eigenvalue weighted by molar-refractivity contribution is -0.114. The smallest absolute Gasteiger partial charge is 0.229 e. The van der Waals surface area contributed by atoms with Gasteiger partial charge >= 0.3 is 0 Å². The maximum absolute atomic E-state index is 11.9. The molecular formula is C27H28ClN7O2. The van der Waals surface area contributed by atoms with Crippen LogP contribution in [-0.4, -0.2) is 71.2 Å². The third kappa shape index (κ3) is 5.28. The highest BCUT2D eigenvalue weighted by molar-refractivity contribution is 6.33. The maximum Gasteiger partial charge on any atom is 0.229 e. The molecule has 0 radical (unpaired) electrons. The number of benzene rings is 2. The summed E-state index contributed by atoms with van der Waals surface area (Å²) < 4.78 is 5.64. The number of hydrogen-bond acceptors (Lipinski definition) is 8. The summed E-state index contributed by atoms with van der Waals surface area (Å²) in [5, 5.41) is 11.7. The number of allylic oxidation sites excluding steroid dienone is 1. The van der Waals surface area contributed by atoms with Crippen LogP contribution in [0.1, 0.15) is 5.56 Å². The van der Waals surface area contributed by atoms with Crippen LogP contribution < -0.4 is 15.0 Å². The van der Waals surface area contributed by atoms with Gasteiger partial charge in [-0.05, 0) is 49.0 Å². The Balaban J connectivity index is 1.51. The van der Waals surface area contributed by atoms with Crippen LogP contribution in [0.4, 0.5) is 17.3 Å². The molecule has 2 aromatic carbocycles. The zero-order valence-electron chi connectivity index (χ0n) is 20.8. The van der Waals surface area contributed by atoms with Gasteiger partial charge in [-0.1, -0.05) is 24.2 Å². The summed E-state index contributed by atoms with van der Waals surface area (Å²) >= 11 is 6.59. The van der Waals surface area contributed by atoms with Crippen molar-refractivity contribution >= 4 is 45.7 Å². The lowest BCUT2D eigenvalue weighted by Crippen LogP contribution is -2.44. The van der Waals surface area contributed by atoms with Gasteiger partial charge in [-0.15, -0.1) is 0 Å². The average Bonchev–Trinajstić information content (AvgIpc) is 3.38. The van der Waals surface area contributed by atoms with Crippen LogP contribution in [0.3, 0.4) is 0 Å². The number of hydrogen-bond donors (Lipinski definition) is 2. The summed E-state index contributed by atoms with van der Waals surface area (Å²) in [5.74, 6) is 1.14. The van der Waals surface area contributed by atoms with Crippen LogP contribution in [0.15, 0.2) is 55.3 Å². The Morgan fingerprint density at radius 3 is 2.76 bits per heavy atom. The molecule has 1 saturated heterocycles. The monoisotopic (exact) mass is 517 g/mol. The number of halogens is 1. The number of aromatic nitrogens is 4. The van der Waals surface area contributed by atoms with Crippen molar-refractivity contribution < 1.29 is 9.53 Å². The molecule has 4 aromatic rings. The fraction of sp³-hybridized carbons (Fsp3) is 0.259. The predicted octanol–water partition coefficient (Wildman–Crippen LogP) is 4.47. The second kappa shape index (κ2) is 10.6. The zero-order chi connectivity index (χ0) is 25.9. The molecule has 0 unspecified atom stereocenters. The standard InChI is InChI=1S/C27H28ClN7O2/c1-4-19(36)13-17-5-7-22(28)20(14-17)25-21-16-29-33-26(21)32-27(31-25)30-18-6-8-24(37-3)23(15-18)35-11-9-34(2)10-12-35/h4-8,14-16H,1,9-13H2,2-3H3,(H2,29,30,31,32,33). The Labute approximate surface area is 220 Å². The van der Waals surface area contributed by atoms with Crippen molar-refractivity contribution in [3.63, 3.8) is 0 Å². The second-order valence-electron chi connectivity index (χ2n) is 8.99. The quantitative estimate of drug-likeness (QED) is 0.330. The first-order valence-corrected chi connectivity index (χ1v) is 12.4. The minimum Gasteiger partial charge on any atom is -0.495 e. The van der Waals surface area contributed by atoms with Crippen molar-refractivity contribution in [3.8, 4) is 17.0 Å². The summed E-state index contributed by atoms with van der Waals surface area (Å²) in [6.45, 7) is 7.37. The Kier molecular flexibility index (Phi) is 7.07. The molecule has 0 spiro atoms. The summed E-state index contributed by atoms with van der Waals surface area (Å²) in [5.41, 5.74) is 4.56. The molecule has 0 saturated carbocycles. The third-order valence-corrected chi connectivity index (χ3v) is 6.81. The number of ketones is 1. The number of aromatic amines is 1. The fourth-order valence-electron chi connectivity index (χ4n) is 4.42. The summed E-state index contributed by atoms with van der Waals surface area (Å²) in [4.78, 5) is 26.0. The van der Waals surface area contributed by atoms with E-state index >= 15 is 0 Å². The first-order chi connectivity index (χ1) is 17.9. The van der Waals surface area contributed by atoms with Crippen molar-refractivity contribution in [2.75, 3.05) is 50.6 Å². The molecule has 0 bridgehead atoms. The molecule has 0 aliphatic carbocycles. The molecule has 1 aliphatic rings. The molecule has 2 aromatic heterocycles. The normalized spacial score (nSPS) is 14.1. The van der Waals surface area contributed by atoms with Crippen molar-refractivity contribution in [2.45, 2.75) is 6.42 Å². The van der Waals surface area contributed by atoms with Crippen LogP contribution in [0.25, 0.3) is 22.3 Å². The van der Waals surface area contributed by atoms with Gasteiger partial charge in [0, 0.05) is 43.9 Å². The van der Waals surface area contributed by atoms with E-state index in [-0.39, 0.29) is 12.2 Å². The van der Waals surface area contributed by atoms with Crippen LogP contribution >= 0.6 is 11.6 Å². The van der Waals surface area contributed by atoms with Gasteiger partial charge in [-0.25, -0.2) is 4.98 Å². The number of fused-ring (bicyclic) bond motifs is 1. The van der Waals surface area contributed by atoms with E-state index in [1.165, 1.54) is 6.08 Å². The zero-order valence-corrected chi connectivity index (χ0v) is 21.5. The van der Waals surface area contributed by atoms with E-state index in [1.54, 1.807) is 19.4 Å². The van der Waals surface area contributed by atoms with Gasteiger partial charge in [0.1, 0.15) is 5.75 Å². The molecule has 1 fully saturated rings. The van der Waals surface area contributed by atoms with E-state index in [0.29, 0.717) is 27.9 Å². The van der Waals surface area contributed by atoms with Gasteiger partial charge in [0.05, 0.1) is 35.1 Å². The van der Waals surface area contributed by atoms with Gasteiger partial charge in [-0.2, -0.15) is 10.1 Å². The van der Waals surface area contributed by atoms with E-state index in [1.807, 2.05) is 24.3 Å². The average molecular weight is 518 g/mol. The minimum absolute atomic E-state index is 0.0672. The van der Waals surface area contributed by atoms with E-state index < -0.39 is 0 Å². The molecule has 2 N–H and O–H groups in total. The Hall–Kier alpha value is -3.95. The molecular weight excluding hydrogens is 490 g/mol. The number of H-pyrrole nitrogens is 1. The number of piperazine rings is 1. The number of nitrogens with zero attached hydrogens (tertiary/aromatic N) is 5. The van der Waals surface area contributed by atoms with Gasteiger partial charge in [0.15, 0.2) is 11.4 Å². The molecule has 0 atom stereocenters. The number of anilines is 3. The highest BCUT2D eigenvalue weighted by Gasteiger charge is 2.19. The predicted molar refractivity (Wildman–Crippen MR) is 147 cm³/mol. The molecule has 37 heavy (non-hydrogen) atoms. The van der Waals surface area contributed by atoms with Crippen molar-refractivity contribution in [3.05, 3.63) is 65.8 Å². The number of methoxy groups -OCH3 is 1. The Morgan fingerprint density at radius 2 is 2.00 bits per heavy atom. The van der Waals surface area contributed by atoms with E-state index in [4.69, 9.17) is 21.3 Å². The lowest BCUT2D eigenvalue weighted by Gasteiger charge is -2.34. The topological polar surface area (TPSA) is 99.3 Å². The van der Waals surface area contributed by atoms with Gasteiger partial charge in [-0.3, -0.25) is 9.89 Å². The lowest BCUT2D eigenvalue weighted by atomic mass is 10.0. The Bertz CT molecular complexity index is 1460. The van der Waals surface area contributed by atoms with Crippen LogP contribution in [-0.2, 0) is 11.2 Å². The summed E-state index contributed by atoms with van der Waals surface area (Å²) in [7, 11) is 3.82. The number of likely N-dealkylation sites (N-methyl/N-ethyl adjacent to an activating group) is 1. The van der Waals surface area contributed by atoms with Crippen molar-refractivity contribution in [1.29, 1.82) is 0 Å². The van der Waals surface area contributed by atoms with E-state index in [9.17, 15) is 4.79 Å². The van der Waals surface area contributed by atoms with Crippen molar-refractivity contribution in [2.24, 2.45) is 0 Å². The van der Waals surface area contributed by atoms with E-state index in [0.717, 1.165) is 54.3 Å². The SMILES string of the molecule is C=CC(=O)Cc1ccc(Cl)c(-c2nc(Nc3ccc(OC)c(N4CCN(C)CC4)c3)nc3[nH]ncc23)c1. The van der Waals surface area contributed by atoms with Crippen LogP contribution in [0.5, 0.6) is 5.75 Å². The molecule has 0 amide bonds. The van der Waals surface area contributed by atoms with E-state index in [2.05, 4.69) is 50.0 Å². The minimum atomic E-state index is -0.0672. The number of nitrogens with one attached hydrogen (secondary N) is 2. The van der Waals surface area contributed by atoms with Crippen LogP contribution in [0.2, 0.25) is 5.02 Å². The summed E-state index contributed by atoms with van der Waals surface area (Å²) in [6, 6.07) is 11.4. The number of carbonyl (C=O) groups excluding carboxylic acids is 1. The van der Waals surface area contributed by atoms with Crippen LogP contribution in [0, 0.1) is 0 Å². The second-order valence-corrected chi connectivity index (χ2v) is 9.40. The van der Waals surface area contributed by atoms with Gasteiger partial charge in [0.2, 0.25) is 5.95 Å². The van der Waals surface area contributed by atoms with Crippen molar-refractivity contribution in [1.82, 2.24) is 25.1 Å². The Morgan fingerprint density at radius 1 is 1.19 bits per heavy atom. The molecule has 5 rings (SSSR count). The molecule has 1 aliphatic heterocycles.